The summed E-state index contributed by atoms with van der Waals surface area (Å²) < 4.78 is 10.6. The fourth-order valence-electron chi connectivity index (χ4n) is 3.44. The zero-order chi connectivity index (χ0) is 21.3. The molecular formula is C22H21N3O4S. The van der Waals surface area contributed by atoms with Crippen molar-refractivity contribution in [2.24, 2.45) is 0 Å². The van der Waals surface area contributed by atoms with Crippen LogP contribution in [-0.4, -0.2) is 42.1 Å². The average Bonchev–Trinajstić information content (AvgIpc) is 3.33. The van der Waals surface area contributed by atoms with Gasteiger partial charge in [0, 0.05) is 16.6 Å². The number of thiazole rings is 1. The van der Waals surface area contributed by atoms with Crippen LogP contribution in [0.25, 0.3) is 10.6 Å². The summed E-state index contributed by atoms with van der Waals surface area (Å²) in [7, 11) is 3.17. The van der Waals surface area contributed by atoms with E-state index < -0.39 is 6.04 Å². The van der Waals surface area contributed by atoms with Crippen molar-refractivity contribution < 1.29 is 19.1 Å². The number of anilines is 1. The molecule has 1 fully saturated rings. The standard InChI is InChI=1S/C22H21N3O4S/c1-14-21(26)24(22(27)25(14)17-7-5-4-6-8-17)12-16-13-30-20(23-16)15-9-10-18(28-2)19(11-15)29-3/h4-11,13-14H,12H2,1-3H3/t14-/m1/s1. The highest BCUT2D eigenvalue weighted by molar-refractivity contribution is 7.13. The number of carbonyl (C=O) groups excluding carboxylic acids is 2. The molecule has 0 spiro atoms. The molecule has 7 nitrogen and oxygen atoms in total. The molecule has 4 rings (SSSR count). The van der Waals surface area contributed by atoms with Gasteiger partial charge in [0.2, 0.25) is 0 Å². The van der Waals surface area contributed by atoms with E-state index in [0.29, 0.717) is 22.9 Å². The third kappa shape index (κ3) is 3.50. The normalized spacial score (nSPS) is 16.3. The Morgan fingerprint density at radius 3 is 2.47 bits per heavy atom. The van der Waals surface area contributed by atoms with E-state index in [0.717, 1.165) is 10.6 Å². The fourth-order valence-corrected chi connectivity index (χ4v) is 4.25. The molecule has 8 heteroatoms. The largest absolute Gasteiger partial charge is 0.493 e. The van der Waals surface area contributed by atoms with Crippen LogP contribution in [0.2, 0.25) is 0 Å². The molecule has 0 aliphatic carbocycles. The van der Waals surface area contributed by atoms with Crippen molar-refractivity contribution in [1.82, 2.24) is 9.88 Å². The van der Waals surface area contributed by atoms with Gasteiger partial charge in [-0.05, 0) is 37.3 Å². The van der Waals surface area contributed by atoms with Gasteiger partial charge in [0.15, 0.2) is 11.5 Å². The van der Waals surface area contributed by atoms with Crippen LogP contribution < -0.4 is 14.4 Å². The van der Waals surface area contributed by atoms with Gasteiger partial charge in [-0.2, -0.15) is 0 Å². The first kappa shape index (κ1) is 19.9. The summed E-state index contributed by atoms with van der Waals surface area (Å²) in [5.41, 5.74) is 2.24. The minimum absolute atomic E-state index is 0.134. The number of imide groups is 1. The number of ether oxygens (including phenoxy) is 2. The lowest BCUT2D eigenvalue weighted by molar-refractivity contribution is -0.127. The van der Waals surface area contributed by atoms with Crippen molar-refractivity contribution in [2.45, 2.75) is 19.5 Å². The van der Waals surface area contributed by atoms with Gasteiger partial charge < -0.3 is 9.47 Å². The monoisotopic (exact) mass is 423 g/mol. The number of nitrogens with zero attached hydrogens (tertiary/aromatic N) is 3. The van der Waals surface area contributed by atoms with Crippen molar-refractivity contribution in [3.63, 3.8) is 0 Å². The Hall–Kier alpha value is -3.39. The predicted molar refractivity (Wildman–Crippen MR) is 115 cm³/mol. The van der Waals surface area contributed by atoms with E-state index >= 15 is 0 Å². The first-order valence-electron chi connectivity index (χ1n) is 9.40. The number of para-hydroxylation sites is 1. The number of amides is 3. The topological polar surface area (TPSA) is 72.0 Å². The molecule has 0 saturated carbocycles. The number of benzene rings is 2. The number of aromatic nitrogens is 1. The molecule has 3 amide bonds. The van der Waals surface area contributed by atoms with Gasteiger partial charge in [-0.1, -0.05) is 18.2 Å². The van der Waals surface area contributed by atoms with Crippen molar-refractivity contribution in [2.75, 3.05) is 19.1 Å². The molecule has 0 bridgehead atoms. The second kappa shape index (κ2) is 8.16. The number of hydrogen-bond donors (Lipinski definition) is 0. The first-order chi connectivity index (χ1) is 14.5. The Morgan fingerprint density at radius 2 is 1.77 bits per heavy atom. The minimum Gasteiger partial charge on any atom is -0.493 e. The molecule has 2 aromatic carbocycles. The predicted octanol–water partition coefficient (Wildman–Crippen LogP) is 4.18. The van der Waals surface area contributed by atoms with Crippen LogP contribution in [0.4, 0.5) is 10.5 Å². The first-order valence-corrected chi connectivity index (χ1v) is 10.3. The maximum Gasteiger partial charge on any atom is 0.332 e. The molecule has 1 saturated heterocycles. The van der Waals surface area contributed by atoms with Gasteiger partial charge in [0.25, 0.3) is 5.91 Å². The van der Waals surface area contributed by atoms with Crippen LogP contribution in [-0.2, 0) is 11.3 Å². The van der Waals surface area contributed by atoms with E-state index in [4.69, 9.17) is 9.47 Å². The van der Waals surface area contributed by atoms with Crippen molar-refractivity contribution in [3.05, 3.63) is 59.6 Å². The Kier molecular flexibility index (Phi) is 5.41. The van der Waals surface area contributed by atoms with Gasteiger partial charge in [0.05, 0.1) is 26.5 Å². The number of methoxy groups -OCH3 is 2. The van der Waals surface area contributed by atoms with Gasteiger partial charge in [0.1, 0.15) is 11.0 Å². The molecule has 1 aliphatic heterocycles. The lowest BCUT2D eigenvalue weighted by atomic mass is 10.2. The summed E-state index contributed by atoms with van der Waals surface area (Å²) in [6.45, 7) is 1.87. The highest BCUT2D eigenvalue weighted by atomic mass is 32.1. The van der Waals surface area contributed by atoms with E-state index in [2.05, 4.69) is 4.98 Å². The Balaban J connectivity index is 1.55. The summed E-state index contributed by atoms with van der Waals surface area (Å²) >= 11 is 1.45. The zero-order valence-electron chi connectivity index (χ0n) is 16.9. The van der Waals surface area contributed by atoms with Crippen LogP contribution in [0, 0.1) is 0 Å². The van der Waals surface area contributed by atoms with Crippen molar-refractivity contribution >= 4 is 29.0 Å². The SMILES string of the molecule is COc1ccc(-c2nc(CN3C(=O)[C@@H](C)N(c4ccccc4)C3=O)cs2)cc1OC. The van der Waals surface area contributed by atoms with Gasteiger partial charge >= 0.3 is 6.03 Å². The van der Waals surface area contributed by atoms with Crippen LogP contribution in [0.3, 0.4) is 0 Å². The Labute approximate surface area is 178 Å². The maximum absolute atomic E-state index is 12.9. The number of urea groups is 1. The highest BCUT2D eigenvalue weighted by Gasteiger charge is 2.43. The highest BCUT2D eigenvalue weighted by Crippen LogP contribution is 2.34. The molecule has 3 aromatic rings. The lowest BCUT2D eigenvalue weighted by Crippen LogP contribution is -2.33. The van der Waals surface area contributed by atoms with Crippen molar-refractivity contribution in [3.8, 4) is 22.1 Å². The number of rotatable bonds is 6. The zero-order valence-corrected chi connectivity index (χ0v) is 17.7. The van der Waals surface area contributed by atoms with Crippen LogP contribution in [0.15, 0.2) is 53.9 Å². The Morgan fingerprint density at radius 1 is 1.03 bits per heavy atom. The summed E-state index contributed by atoms with van der Waals surface area (Å²) in [6, 6.07) is 13.9. The van der Waals surface area contributed by atoms with Gasteiger partial charge in [-0.15, -0.1) is 11.3 Å². The van der Waals surface area contributed by atoms with E-state index in [-0.39, 0.29) is 18.5 Å². The molecule has 154 valence electrons. The van der Waals surface area contributed by atoms with E-state index in [1.807, 2.05) is 53.9 Å². The molecular weight excluding hydrogens is 402 g/mol. The summed E-state index contributed by atoms with van der Waals surface area (Å²) in [5, 5.41) is 2.64. The third-order valence-electron chi connectivity index (χ3n) is 4.98. The van der Waals surface area contributed by atoms with Crippen LogP contribution >= 0.6 is 11.3 Å². The molecule has 1 aliphatic rings. The molecule has 2 heterocycles. The molecule has 30 heavy (non-hydrogen) atoms. The number of carbonyl (C=O) groups is 2. The van der Waals surface area contributed by atoms with Crippen LogP contribution in [0.5, 0.6) is 11.5 Å². The molecule has 0 unspecified atom stereocenters. The Bertz CT molecular complexity index is 1080. The van der Waals surface area contributed by atoms with E-state index in [9.17, 15) is 9.59 Å². The lowest BCUT2D eigenvalue weighted by Gasteiger charge is -2.19. The average molecular weight is 423 g/mol. The quantitative estimate of drug-likeness (QED) is 0.556. The smallest absolute Gasteiger partial charge is 0.332 e. The fraction of sp³-hybridized carbons (Fsp3) is 0.227. The second-order valence-electron chi connectivity index (χ2n) is 6.80. The molecule has 1 atom stereocenters. The van der Waals surface area contributed by atoms with Crippen molar-refractivity contribution in [1.29, 1.82) is 0 Å². The van der Waals surface area contributed by atoms with Crippen LogP contribution in [0.1, 0.15) is 12.6 Å². The molecule has 0 N–H and O–H groups in total. The third-order valence-corrected chi connectivity index (χ3v) is 5.92. The van der Waals surface area contributed by atoms with Gasteiger partial charge in [-0.25, -0.2) is 9.78 Å². The maximum atomic E-state index is 12.9. The van der Waals surface area contributed by atoms with E-state index in [1.165, 1.54) is 21.1 Å². The van der Waals surface area contributed by atoms with Gasteiger partial charge in [-0.3, -0.25) is 14.6 Å². The summed E-state index contributed by atoms with van der Waals surface area (Å²) in [5.74, 6) is 1.02. The molecule has 0 radical (unpaired) electrons. The second-order valence-corrected chi connectivity index (χ2v) is 7.66. The van der Waals surface area contributed by atoms with E-state index in [1.54, 1.807) is 21.1 Å². The molecule has 1 aromatic heterocycles. The summed E-state index contributed by atoms with van der Waals surface area (Å²) in [4.78, 5) is 33.1. The minimum atomic E-state index is -0.552. The number of hydrogen-bond acceptors (Lipinski definition) is 6. The summed E-state index contributed by atoms with van der Waals surface area (Å²) in [6.07, 6.45) is 0.